The predicted octanol–water partition coefficient (Wildman–Crippen LogP) is 2.69. The van der Waals surface area contributed by atoms with Crippen LogP contribution in [-0.4, -0.2) is 5.60 Å². The Morgan fingerprint density at radius 3 is 2.11 bits per heavy atom. The highest BCUT2D eigenvalue weighted by Gasteiger charge is 2.23. The molecule has 52 valence electrons. The van der Waals surface area contributed by atoms with Gasteiger partial charge >= 0.3 is 8.03 Å². The van der Waals surface area contributed by atoms with Gasteiger partial charge in [0.25, 0.3) is 0 Å². The van der Waals surface area contributed by atoms with Gasteiger partial charge in [-0.25, -0.2) is 0 Å². The maximum atomic E-state index is 10.6. The Labute approximate surface area is 56.8 Å². The minimum Gasteiger partial charge on any atom is -0.137 e. The summed E-state index contributed by atoms with van der Waals surface area (Å²) < 4.78 is 15.6. The van der Waals surface area contributed by atoms with Crippen molar-refractivity contribution in [2.45, 2.75) is 26.4 Å². The van der Waals surface area contributed by atoms with E-state index in [1.165, 1.54) is 5.82 Å². The molecule has 0 spiro atoms. The molecule has 0 aliphatic rings. The fraction of sp³-hybridized carbons (Fsp3) is 0.667. The molecule has 0 rings (SSSR count). The average molecular weight is 147 g/mol. The molecule has 0 N–H and O–H groups in total. The zero-order valence-electron chi connectivity index (χ0n) is 6.05. The van der Waals surface area contributed by atoms with Crippen LogP contribution in [0.5, 0.6) is 0 Å². The van der Waals surface area contributed by atoms with Gasteiger partial charge < -0.3 is 0 Å². The molecule has 9 heavy (non-hydrogen) atoms. The molecular formula is C6H12O2P+. The van der Waals surface area contributed by atoms with E-state index >= 15 is 0 Å². The van der Waals surface area contributed by atoms with Crippen LogP contribution in [0.4, 0.5) is 0 Å². The van der Waals surface area contributed by atoms with E-state index in [9.17, 15) is 4.57 Å². The summed E-state index contributed by atoms with van der Waals surface area (Å²) in [7, 11) is -1.65. The Balaban J connectivity index is 3.74. The maximum absolute atomic E-state index is 10.6. The second-order valence-electron chi connectivity index (χ2n) is 2.67. The molecule has 0 saturated heterocycles. The summed E-state index contributed by atoms with van der Waals surface area (Å²) >= 11 is 0. The van der Waals surface area contributed by atoms with Gasteiger partial charge in [-0.3, -0.25) is 0 Å². The quantitative estimate of drug-likeness (QED) is 0.561. The third-order valence-electron chi connectivity index (χ3n) is 0.513. The predicted molar refractivity (Wildman–Crippen MR) is 38.6 cm³/mol. The Morgan fingerprint density at radius 2 is 2.00 bits per heavy atom. The monoisotopic (exact) mass is 147 g/mol. The van der Waals surface area contributed by atoms with E-state index in [0.717, 1.165) is 0 Å². The van der Waals surface area contributed by atoms with Crippen molar-refractivity contribution in [1.29, 1.82) is 0 Å². The molecule has 0 aromatic rings. The van der Waals surface area contributed by atoms with Gasteiger partial charge in [-0.05, 0) is 31.9 Å². The van der Waals surface area contributed by atoms with Gasteiger partial charge in [0, 0.05) is 0 Å². The van der Waals surface area contributed by atoms with E-state index in [1.807, 2.05) is 20.8 Å². The fourth-order valence-electron chi connectivity index (χ4n) is 0.307. The van der Waals surface area contributed by atoms with Crippen molar-refractivity contribution in [3.63, 3.8) is 0 Å². The van der Waals surface area contributed by atoms with Crippen molar-refractivity contribution in [3.8, 4) is 0 Å². The van der Waals surface area contributed by atoms with Gasteiger partial charge in [-0.1, -0.05) is 0 Å². The minimum absolute atomic E-state index is 0.332. The van der Waals surface area contributed by atoms with E-state index in [1.54, 1.807) is 0 Å². The van der Waals surface area contributed by atoms with Crippen molar-refractivity contribution >= 4 is 8.03 Å². The molecule has 0 heterocycles. The Bertz CT molecular complexity index is 124. The summed E-state index contributed by atoms with van der Waals surface area (Å²) in [6, 6.07) is 0. The largest absolute Gasteiger partial charge is 0.540 e. The van der Waals surface area contributed by atoms with Crippen LogP contribution in [-0.2, 0) is 9.09 Å². The van der Waals surface area contributed by atoms with E-state index < -0.39 is 8.03 Å². The highest BCUT2D eigenvalue weighted by atomic mass is 31.1. The van der Waals surface area contributed by atoms with E-state index in [4.69, 9.17) is 4.52 Å². The smallest absolute Gasteiger partial charge is 0.137 e. The molecule has 0 aromatic carbocycles. The molecule has 0 bridgehead atoms. The lowest BCUT2D eigenvalue weighted by molar-refractivity contribution is 0.146. The first-order valence-electron chi connectivity index (χ1n) is 2.74. The fourth-order valence-corrected chi connectivity index (χ4v) is 0.922. The standard InChI is InChI=1S/C6H12O2P/c1-5-9(7)8-6(2,3)4/h5H,1H2,2-4H3/q+1. The van der Waals surface area contributed by atoms with E-state index in [0.29, 0.717) is 0 Å². The molecule has 0 saturated carbocycles. The van der Waals surface area contributed by atoms with Gasteiger partial charge in [-0.15, -0.1) is 4.52 Å². The first kappa shape index (κ1) is 8.80. The van der Waals surface area contributed by atoms with Gasteiger partial charge in [0.05, 0.1) is 0 Å². The van der Waals surface area contributed by atoms with Crippen molar-refractivity contribution in [3.05, 3.63) is 12.4 Å². The average Bonchev–Trinajstić information content (AvgIpc) is 1.62. The Kier molecular flexibility index (Phi) is 3.02. The van der Waals surface area contributed by atoms with Gasteiger partial charge in [0.1, 0.15) is 5.60 Å². The van der Waals surface area contributed by atoms with Crippen molar-refractivity contribution < 1.29 is 9.09 Å². The van der Waals surface area contributed by atoms with Crippen LogP contribution in [0.3, 0.4) is 0 Å². The van der Waals surface area contributed by atoms with Crippen LogP contribution in [0.2, 0.25) is 0 Å². The van der Waals surface area contributed by atoms with E-state index in [-0.39, 0.29) is 5.60 Å². The SMILES string of the molecule is C=C[P+](=O)OC(C)(C)C. The molecule has 0 fully saturated rings. The number of hydrogen-bond acceptors (Lipinski definition) is 2. The molecule has 1 unspecified atom stereocenters. The Hall–Kier alpha value is -0.200. The molecule has 0 aliphatic carbocycles. The molecule has 2 nitrogen and oxygen atoms in total. The van der Waals surface area contributed by atoms with Crippen molar-refractivity contribution in [2.24, 2.45) is 0 Å². The lowest BCUT2D eigenvalue weighted by atomic mass is 10.2. The lowest BCUT2D eigenvalue weighted by Crippen LogP contribution is -2.13. The highest BCUT2D eigenvalue weighted by Crippen LogP contribution is 2.29. The molecule has 1 atom stereocenters. The summed E-state index contributed by atoms with van der Waals surface area (Å²) in [5, 5.41) is 0. The summed E-state index contributed by atoms with van der Waals surface area (Å²) in [5.41, 5.74) is -0.332. The zero-order chi connectivity index (χ0) is 7.49. The van der Waals surface area contributed by atoms with Crippen LogP contribution in [0.25, 0.3) is 0 Å². The van der Waals surface area contributed by atoms with Crippen molar-refractivity contribution in [2.75, 3.05) is 0 Å². The number of hydrogen-bond donors (Lipinski definition) is 0. The summed E-state index contributed by atoms with van der Waals surface area (Å²) in [4.78, 5) is 0. The minimum atomic E-state index is -1.65. The van der Waals surface area contributed by atoms with Crippen LogP contribution in [0.1, 0.15) is 20.8 Å². The summed E-state index contributed by atoms with van der Waals surface area (Å²) in [6.45, 7) is 8.89. The third-order valence-corrected chi connectivity index (χ3v) is 1.54. The van der Waals surface area contributed by atoms with Crippen LogP contribution >= 0.6 is 8.03 Å². The summed E-state index contributed by atoms with van der Waals surface area (Å²) in [6.07, 6.45) is 0. The second-order valence-corrected chi connectivity index (χ2v) is 3.79. The third kappa shape index (κ3) is 5.67. The van der Waals surface area contributed by atoms with Crippen LogP contribution < -0.4 is 0 Å². The van der Waals surface area contributed by atoms with Gasteiger partial charge in [-0.2, -0.15) is 0 Å². The second kappa shape index (κ2) is 3.09. The van der Waals surface area contributed by atoms with Crippen LogP contribution in [0, 0.1) is 0 Å². The first-order chi connectivity index (χ1) is 3.95. The summed E-state index contributed by atoms with van der Waals surface area (Å²) in [5.74, 6) is 1.31. The van der Waals surface area contributed by atoms with Crippen molar-refractivity contribution in [1.82, 2.24) is 0 Å². The molecule has 0 amide bonds. The maximum Gasteiger partial charge on any atom is 0.540 e. The van der Waals surface area contributed by atoms with E-state index in [2.05, 4.69) is 6.58 Å². The zero-order valence-corrected chi connectivity index (χ0v) is 6.94. The molecule has 0 radical (unpaired) electrons. The molecule has 3 heteroatoms. The molecule has 0 aromatic heterocycles. The lowest BCUT2D eigenvalue weighted by Gasteiger charge is -2.07. The normalized spacial score (nSPS) is 13.0. The van der Waals surface area contributed by atoms with Gasteiger partial charge in [0.15, 0.2) is 5.82 Å². The molecule has 0 aliphatic heterocycles. The van der Waals surface area contributed by atoms with Gasteiger partial charge in [0.2, 0.25) is 0 Å². The first-order valence-corrected chi connectivity index (χ1v) is 3.98. The topological polar surface area (TPSA) is 26.3 Å². The van der Waals surface area contributed by atoms with Crippen LogP contribution in [0.15, 0.2) is 12.4 Å². The highest BCUT2D eigenvalue weighted by molar-refractivity contribution is 7.42. The Morgan fingerprint density at radius 1 is 1.56 bits per heavy atom. The number of rotatable bonds is 2. The molecular weight excluding hydrogens is 135 g/mol.